The number of carbonyl (C=O) groups excluding carboxylic acids is 1. The van der Waals surface area contributed by atoms with Crippen molar-refractivity contribution < 1.29 is 9.53 Å². The quantitative estimate of drug-likeness (QED) is 0.808. The first-order valence-electron chi connectivity index (χ1n) is 9.63. The van der Waals surface area contributed by atoms with E-state index < -0.39 is 0 Å². The largest absolute Gasteiger partial charge is 0.378 e. The van der Waals surface area contributed by atoms with Crippen molar-refractivity contribution in [2.24, 2.45) is 0 Å². The third kappa shape index (κ3) is 5.23. The molecule has 0 bridgehead atoms. The van der Waals surface area contributed by atoms with Crippen LogP contribution in [0.4, 0.5) is 17.1 Å². The van der Waals surface area contributed by atoms with E-state index in [1.807, 2.05) is 43.3 Å². The highest BCUT2D eigenvalue weighted by Crippen LogP contribution is 2.21. The second kappa shape index (κ2) is 8.91. The van der Waals surface area contributed by atoms with Crippen LogP contribution in [-0.2, 0) is 9.53 Å². The Morgan fingerprint density at radius 1 is 1.00 bits per heavy atom. The molecule has 1 aliphatic heterocycles. The van der Waals surface area contributed by atoms with Gasteiger partial charge in [-0.25, -0.2) is 0 Å². The maximum Gasteiger partial charge on any atom is 0.246 e. The van der Waals surface area contributed by atoms with Crippen molar-refractivity contribution in [1.82, 2.24) is 0 Å². The van der Waals surface area contributed by atoms with Crippen molar-refractivity contribution in [2.45, 2.75) is 32.7 Å². The molecule has 1 amide bonds. The molecule has 3 rings (SSSR count). The lowest BCUT2D eigenvalue weighted by molar-refractivity contribution is -0.116. The number of nitrogens with zero attached hydrogens (tertiary/aromatic N) is 1. The number of carbonyl (C=O) groups is 1. The van der Waals surface area contributed by atoms with E-state index in [-0.39, 0.29) is 11.9 Å². The third-order valence-electron chi connectivity index (χ3n) is 4.84. The standard InChI is InChI=1S/C22H29N3O2/c1-16(2)18-5-4-6-20(15-18)23-17(3)22(26)24-19-7-9-21(10-8-19)25-11-13-27-14-12-25/h4-10,15-17,23H,11-14H2,1-3H3,(H,24,26)/t17-/m0/s1. The molecule has 0 saturated carbocycles. The zero-order valence-electron chi connectivity index (χ0n) is 16.4. The molecule has 0 spiro atoms. The Hall–Kier alpha value is -2.53. The Labute approximate surface area is 161 Å². The zero-order valence-corrected chi connectivity index (χ0v) is 16.4. The van der Waals surface area contributed by atoms with Crippen LogP contribution in [0.5, 0.6) is 0 Å². The molecule has 0 aliphatic carbocycles. The molecule has 2 N–H and O–H groups in total. The SMILES string of the molecule is CC(C)c1cccc(N[C@@H](C)C(=O)Nc2ccc(N3CCOCC3)cc2)c1. The molecular weight excluding hydrogens is 338 g/mol. The molecule has 27 heavy (non-hydrogen) atoms. The molecule has 1 saturated heterocycles. The summed E-state index contributed by atoms with van der Waals surface area (Å²) >= 11 is 0. The number of ether oxygens (including phenoxy) is 1. The molecule has 1 atom stereocenters. The van der Waals surface area contributed by atoms with Crippen LogP contribution in [0, 0.1) is 0 Å². The summed E-state index contributed by atoms with van der Waals surface area (Å²) in [5, 5.41) is 6.27. The van der Waals surface area contributed by atoms with Crippen LogP contribution >= 0.6 is 0 Å². The first-order valence-corrected chi connectivity index (χ1v) is 9.63. The van der Waals surface area contributed by atoms with Crippen molar-refractivity contribution in [1.29, 1.82) is 0 Å². The van der Waals surface area contributed by atoms with Gasteiger partial charge in [-0.05, 0) is 54.8 Å². The van der Waals surface area contributed by atoms with E-state index in [2.05, 4.69) is 41.5 Å². The van der Waals surface area contributed by atoms with Crippen molar-refractivity contribution in [2.75, 3.05) is 41.8 Å². The fourth-order valence-corrected chi connectivity index (χ4v) is 3.13. The van der Waals surface area contributed by atoms with Gasteiger partial charge in [-0.3, -0.25) is 4.79 Å². The summed E-state index contributed by atoms with van der Waals surface area (Å²) in [5.74, 6) is 0.407. The van der Waals surface area contributed by atoms with E-state index in [0.29, 0.717) is 5.92 Å². The van der Waals surface area contributed by atoms with Crippen LogP contribution in [0.15, 0.2) is 48.5 Å². The number of morpholine rings is 1. The number of benzene rings is 2. The van der Waals surface area contributed by atoms with Crippen LogP contribution in [0.3, 0.4) is 0 Å². The molecule has 5 heteroatoms. The lowest BCUT2D eigenvalue weighted by atomic mass is 10.0. The average Bonchev–Trinajstić information content (AvgIpc) is 2.69. The van der Waals surface area contributed by atoms with Gasteiger partial charge in [0.05, 0.1) is 13.2 Å². The van der Waals surface area contributed by atoms with Crippen molar-refractivity contribution >= 4 is 23.0 Å². The highest BCUT2D eigenvalue weighted by molar-refractivity contribution is 5.96. The lowest BCUT2D eigenvalue weighted by Gasteiger charge is -2.29. The summed E-state index contributed by atoms with van der Waals surface area (Å²) in [7, 11) is 0. The van der Waals surface area contributed by atoms with Crippen LogP contribution in [0.2, 0.25) is 0 Å². The molecule has 0 radical (unpaired) electrons. The molecule has 5 nitrogen and oxygen atoms in total. The number of anilines is 3. The van der Waals surface area contributed by atoms with Gasteiger partial charge in [-0.1, -0.05) is 26.0 Å². The van der Waals surface area contributed by atoms with Crippen molar-refractivity contribution in [3.05, 3.63) is 54.1 Å². The fourth-order valence-electron chi connectivity index (χ4n) is 3.13. The molecular formula is C22H29N3O2. The Balaban J connectivity index is 1.57. The maximum atomic E-state index is 12.5. The summed E-state index contributed by atoms with van der Waals surface area (Å²) in [5.41, 5.74) is 4.19. The van der Waals surface area contributed by atoms with Gasteiger partial charge in [0.1, 0.15) is 6.04 Å². The van der Waals surface area contributed by atoms with Gasteiger partial charge in [-0.15, -0.1) is 0 Å². The van der Waals surface area contributed by atoms with Gasteiger partial charge in [0.2, 0.25) is 5.91 Å². The van der Waals surface area contributed by atoms with Crippen molar-refractivity contribution in [3.8, 4) is 0 Å². The molecule has 1 fully saturated rings. The number of hydrogen-bond acceptors (Lipinski definition) is 4. The predicted molar refractivity (Wildman–Crippen MR) is 112 cm³/mol. The van der Waals surface area contributed by atoms with Crippen LogP contribution in [0.25, 0.3) is 0 Å². The smallest absolute Gasteiger partial charge is 0.246 e. The molecule has 1 aliphatic rings. The first kappa shape index (κ1) is 19.2. The van der Waals surface area contributed by atoms with Crippen LogP contribution < -0.4 is 15.5 Å². The molecule has 0 unspecified atom stereocenters. The minimum absolute atomic E-state index is 0.0518. The average molecular weight is 367 g/mol. The maximum absolute atomic E-state index is 12.5. The molecule has 1 heterocycles. The molecule has 2 aromatic carbocycles. The van der Waals surface area contributed by atoms with Gasteiger partial charge in [-0.2, -0.15) is 0 Å². The Morgan fingerprint density at radius 3 is 2.37 bits per heavy atom. The number of rotatable bonds is 6. The van der Waals surface area contributed by atoms with E-state index in [0.717, 1.165) is 43.4 Å². The van der Waals surface area contributed by atoms with Crippen LogP contribution in [-0.4, -0.2) is 38.3 Å². The van der Waals surface area contributed by atoms with Crippen LogP contribution in [0.1, 0.15) is 32.3 Å². The summed E-state index contributed by atoms with van der Waals surface area (Å²) in [6, 6.07) is 15.9. The topological polar surface area (TPSA) is 53.6 Å². The second-order valence-corrected chi connectivity index (χ2v) is 7.28. The second-order valence-electron chi connectivity index (χ2n) is 7.28. The summed E-state index contributed by atoms with van der Waals surface area (Å²) < 4.78 is 5.39. The Bertz CT molecular complexity index is 752. The molecule has 2 aromatic rings. The summed E-state index contributed by atoms with van der Waals surface area (Å²) in [6.45, 7) is 9.54. The van der Waals surface area contributed by atoms with E-state index >= 15 is 0 Å². The minimum Gasteiger partial charge on any atom is -0.378 e. The fraction of sp³-hybridized carbons (Fsp3) is 0.409. The van der Waals surface area contributed by atoms with Gasteiger partial charge in [0, 0.05) is 30.2 Å². The van der Waals surface area contributed by atoms with E-state index in [1.54, 1.807) is 0 Å². The highest BCUT2D eigenvalue weighted by atomic mass is 16.5. The third-order valence-corrected chi connectivity index (χ3v) is 4.84. The minimum atomic E-state index is -0.327. The van der Waals surface area contributed by atoms with E-state index in [4.69, 9.17) is 4.74 Å². The number of amides is 1. The van der Waals surface area contributed by atoms with Crippen molar-refractivity contribution in [3.63, 3.8) is 0 Å². The van der Waals surface area contributed by atoms with Gasteiger partial charge in [0.25, 0.3) is 0 Å². The summed E-state index contributed by atoms with van der Waals surface area (Å²) in [6.07, 6.45) is 0. The predicted octanol–water partition coefficient (Wildman–Crippen LogP) is 4.09. The monoisotopic (exact) mass is 367 g/mol. The molecule has 144 valence electrons. The zero-order chi connectivity index (χ0) is 19.2. The number of nitrogens with one attached hydrogen (secondary N) is 2. The Kier molecular flexibility index (Phi) is 6.35. The van der Waals surface area contributed by atoms with Gasteiger partial charge in [0.15, 0.2) is 0 Å². The normalized spacial score (nSPS) is 15.5. The van der Waals surface area contributed by atoms with Gasteiger partial charge < -0.3 is 20.3 Å². The summed E-state index contributed by atoms with van der Waals surface area (Å²) in [4.78, 5) is 14.8. The van der Waals surface area contributed by atoms with E-state index in [9.17, 15) is 4.79 Å². The van der Waals surface area contributed by atoms with Gasteiger partial charge >= 0.3 is 0 Å². The van der Waals surface area contributed by atoms with E-state index in [1.165, 1.54) is 5.56 Å². The lowest BCUT2D eigenvalue weighted by Crippen LogP contribution is -2.36. The number of hydrogen-bond donors (Lipinski definition) is 2. The molecule has 0 aromatic heterocycles. The highest BCUT2D eigenvalue weighted by Gasteiger charge is 2.14. The first-order chi connectivity index (χ1) is 13.0. The Morgan fingerprint density at radius 2 is 1.70 bits per heavy atom.